The Morgan fingerprint density at radius 1 is 0.391 bits per heavy atom. The van der Waals surface area contributed by atoms with Gasteiger partial charge < -0.3 is 15.0 Å². The lowest BCUT2D eigenvalue weighted by Crippen LogP contribution is -2.22. The Morgan fingerprint density at radius 3 is 0.826 bits per heavy atom. The molecule has 0 heterocycles. The molecule has 4 heteroatoms. The molecule has 0 amide bonds. The summed E-state index contributed by atoms with van der Waals surface area (Å²) in [5, 5.41) is 19.1. The minimum absolute atomic E-state index is 0.214. The molecule has 0 aliphatic carbocycles. The van der Waals surface area contributed by atoms with Crippen LogP contribution < -0.4 is 5.11 Å². The van der Waals surface area contributed by atoms with Crippen molar-refractivity contribution in [2.75, 3.05) is 0 Å². The molecule has 6 atom stereocenters. The average molecular weight is 652 g/mol. The molecule has 46 heavy (non-hydrogen) atoms. The van der Waals surface area contributed by atoms with Gasteiger partial charge >= 0.3 is 5.97 Å². The molecule has 0 aliphatic heterocycles. The normalized spacial score (nSPS) is 15.6. The summed E-state index contributed by atoms with van der Waals surface area (Å²) in [4.78, 5) is 21.0. The Bertz CT molecular complexity index is 629. The van der Waals surface area contributed by atoms with Gasteiger partial charge in [-0.15, -0.1) is 0 Å². The molecule has 0 spiro atoms. The predicted molar refractivity (Wildman–Crippen MR) is 199 cm³/mol. The van der Waals surface area contributed by atoms with E-state index in [1.165, 1.54) is 109 Å². The zero-order chi connectivity index (χ0) is 35.3. The zero-order valence-electron chi connectivity index (χ0n) is 32.8. The van der Waals surface area contributed by atoms with Crippen molar-refractivity contribution in [2.45, 2.75) is 210 Å². The highest BCUT2D eigenvalue weighted by Crippen LogP contribution is 2.24. The molecule has 0 rings (SSSR count). The number of carbonyl (C=O) groups is 2. The van der Waals surface area contributed by atoms with Crippen LogP contribution in [0.1, 0.15) is 210 Å². The fraction of sp³-hybridized carbons (Fsp3) is 0.952. The quantitative estimate of drug-likeness (QED) is 0.0838. The smallest absolute Gasteiger partial charge is 0.303 e. The van der Waals surface area contributed by atoms with Gasteiger partial charge in [-0.3, -0.25) is 4.79 Å². The van der Waals surface area contributed by atoms with Crippen molar-refractivity contribution in [2.24, 2.45) is 47.3 Å². The van der Waals surface area contributed by atoms with Crippen molar-refractivity contribution < 1.29 is 19.8 Å². The minimum Gasteiger partial charge on any atom is -0.550 e. The van der Waals surface area contributed by atoms with Crippen LogP contribution in [0, 0.1) is 47.3 Å². The third-order valence-corrected chi connectivity index (χ3v) is 10.2. The van der Waals surface area contributed by atoms with Gasteiger partial charge in [0.15, 0.2) is 0 Å². The topological polar surface area (TPSA) is 77.4 Å². The number of aliphatic carboxylic acids is 2. The summed E-state index contributed by atoms with van der Waals surface area (Å²) in [5.74, 6) is 4.59. The molecule has 0 bridgehead atoms. The van der Waals surface area contributed by atoms with Gasteiger partial charge in [0.05, 0.1) is 0 Å². The van der Waals surface area contributed by atoms with E-state index in [1.54, 1.807) is 0 Å². The first-order valence-corrected chi connectivity index (χ1v) is 20.0. The molecule has 0 radical (unpaired) electrons. The Kier molecular flexibility index (Phi) is 31.9. The van der Waals surface area contributed by atoms with Crippen molar-refractivity contribution in [3.63, 3.8) is 0 Å². The molecule has 1 N–H and O–H groups in total. The second-order valence-corrected chi connectivity index (χ2v) is 16.8. The summed E-state index contributed by atoms with van der Waals surface area (Å²) in [5.41, 5.74) is 0. The summed E-state index contributed by atoms with van der Waals surface area (Å²) in [6, 6.07) is 0. The largest absolute Gasteiger partial charge is 0.550 e. The first-order chi connectivity index (χ1) is 21.6. The van der Waals surface area contributed by atoms with Gasteiger partial charge in [0.25, 0.3) is 0 Å². The van der Waals surface area contributed by atoms with Crippen molar-refractivity contribution in [3.8, 4) is 0 Å². The molecule has 6 unspecified atom stereocenters. The third-order valence-electron chi connectivity index (χ3n) is 10.2. The summed E-state index contributed by atoms with van der Waals surface area (Å²) in [6.07, 6.45) is 26.1. The Balaban J connectivity index is 0. The maximum absolute atomic E-state index is 10.6. The Hall–Kier alpha value is -1.06. The van der Waals surface area contributed by atoms with Gasteiger partial charge in [-0.2, -0.15) is 0 Å². The highest BCUT2D eigenvalue weighted by Gasteiger charge is 2.10. The number of hydrogen-bond donors (Lipinski definition) is 1. The SMILES string of the molecule is CC(C)CCCC(C)CCCC(C)CCCC(C)CCC(=O)O.CC(C)CCCC(C)CCCC(C)CCCC(C)CCC(=O)[O-]. The predicted octanol–water partition coefficient (Wildman–Crippen LogP) is 12.5. The molecule has 0 aromatic heterocycles. The zero-order valence-corrected chi connectivity index (χ0v) is 32.8. The monoisotopic (exact) mass is 652 g/mol. The van der Waals surface area contributed by atoms with Crippen molar-refractivity contribution in [1.82, 2.24) is 0 Å². The summed E-state index contributed by atoms with van der Waals surface area (Å²) in [6.45, 7) is 23.2. The first kappa shape index (κ1) is 47.1. The fourth-order valence-corrected chi connectivity index (χ4v) is 6.61. The highest BCUT2D eigenvalue weighted by atomic mass is 16.4. The molecule has 4 nitrogen and oxygen atoms in total. The van der Waals surface area contributed by atoms with E-state index in [4.69, 9.17) is 5.11 Å². The van der Waals surface area contributed by atoms with Crippen LogP contribution in [0.25, 0.3) is 0 Å². The standard InChI is InChI=1S/2C21H42O2/c2*1-17(2)9-6-10-18(3)11-7-12-19(4)13-8-14-20(5)15-16-21(22)23/h2*17-20H,6-16H2,1-5H3,(H,22,23)/p-1. The third kappa shape index (κ3) is 37.4. The van der Waals surface area contributed by atoms with Crippen LogP contribution in [-0.2, 0) is 9.59 Å². The lowest BCUT2D eigenvalue weighted by atomic mass is 9.90. The van der Waals surface area contributed by atoms with Gasteiger partial charge in [0.2, 0.25) is 0 Å². The molecule has 0 aromatic carbocycles. The maximum Gasteiger partial charge on any atom is 0.303 e. The number of rotatable bonds is 30. The molecular weight excluding hydrogens is 568 g/mol. The van der Waals surface area contributed by atoms with Crippen molar-refractivity contribution in [3.05, 3.63) is 0 Å². The van der Waals surface area contributed by atoms with Crippen LogP contribution >= 0.6 is 0 Å². The molecular formula is C42H83O4-. The number of hydrogen-bond acceptors (Lipinski definition) is 3. The van der Waals surface area contributed by atoms with Crippen LogP contribution in [0.4, 0.5) is 0 Å². The van der Waals surface area contributed by atoms with Crippen LogP contribution in [0.3, 0.4) is 0 Å². The Labute approximate surface area is 289 Å². The molecule has 276 valence electrons. The van der Waals surface area contributed by atoms with E-state index in [-0.39, 0.29) is 6.42 Å². The molecule has 0 saturated carbocycles. The fourth-order valence-electron chi connectivity index (χ4n) is 6.61. The Morgan fingerprint density at radius 2 is 0.609 bits per heavy atom. The summed E-state index contributed by atoms with van der Waals surface area (Å²) >= 11 is 0. The van der Waals surface area contributed by atoms with E-state index in [1.807, 2.05) is 0 Å². The number of carboxylic acids is 2. The van der Waals surface area contributed by atoms with Gasteiger partial charge in [0.1, 0.15) is 0 Å². The number of carbonyl (C=O) groups excluding carboxylic acids is 1. The van der Waals surface area contributed by atoms with Gasteiger partial charge in [0, 0.05) is 12.4 Å². The van der Waals surface area contributed by atoms with Crippen molar-refractivity contribution >= 4 is 11.9 Å². The second-order valence-electron chi connectivity index (χ2n) is 16.8. The first-order valence-electron chi connectivity index (χ1n) is 20.0. The van der Waals surface area contributed by atoms with E-state index in [9.17, 15) is 14.7 Å². The van der Waals surface area contributed by atoms with E-state index in [2.05, 4.69) is 69.2 Å². The van der Waals surface area contributed by atoms with Crippen molar-refractivity contribution in [1.29, 1.82) is 0 Å². The van der Waals surface area contributed by atoms with Gasteiger partial charge in [-0.05, 0) is 66.6 Å². The van der Waals surface area contributed by atoms with E-state index >= 15 is 0 Å². The van der Waals surface area contributed by atoms with Gasteiger partial charge in [-0.25, -0.2) is 0 Å². The van der Waals surface area contributed by atoms with Crippen LogP contribution in [-0.4, -0.2) is 17.0 Å². The average Bonchev–Trinajstić information content (AvgIpc) is 2.95. The van der Waals surface area contributed by atoms with E-state index in [0.29, 0.717) is 18.3 Å². The van der Waals surface area contributed by atoms with Gasteiger partial charge in [-0.1, -0.05) is 185 Å². The summed E-state index contributed by atoms with van der Waals surface area (Å²) < 4.78 is 0. The van der Waals surface area contributed by atoms with Crippen LogP contribution in [0.15, 0.2) is 0 Å². The lowest BCUT2D eigenvalue weighted by molar-refractivity contribution is -0.306. The molecule has 0 fully saturated rings. The number of carboxylic acid groups (broad SMARTS) is 2. The second kappa shape index (κ2) is 31.2. The molecule has 0 aliphatic rings. The lowest BCUT2D eigenvalue weighted by Gasteiger charge is -2.16. The van der Waals surface area contributed by atoms with Crippen LogP contribution in [0.5, 0.6) is 0 Å². The van der Waals surface area contributed by atoms with E-state index in [0.717, 1.165) is 54.8 Å². The van der Waals surface area contributed by atoms with Crippen LogP contribution in [0.2, 0.25) is 0 Å². The minimum atomic E-state index is -0.910. The molecule has 0 saturated heterocycles. The summed E-state index contributed by atoms with van der Waals surface area (Å²) in [7, 11) is 0. The highest BCUT2D eigenvalue weighted by molar-refractivity contribution is 5.66. The maximum atomic E-state index is 10.6. The molecule has 0 aromatic rings. The van der Waals surface area contributed by atoms with E-state index < -0.39 is 11.9 Å².